The number of benzene rings is 1. The fourth-order valence-corrected chi connectivity index (χ4v) is 2.17. The van der Waals surface area contributed by atoms with Crippen LogP contribution in [0.15, 0.2) is 28.8 Å². The Bertz CT molecular complexity index is 637. The van der Waals surface area contributed by atoms with E-state index in [1.54, 1.807) is 12.1 Å². The van der Waals surface area contributed by atoms with E-state index in [-0.39, 0.29) is 11.8 Å². The molecule has 6 nitrogen and oxygen atoms in total. The molecular formula is C18H25N3O3. The number of aromatic nitrogens is 2. The van der Waals surface area contributed by atoms with Crippen molar-refractivity contribution in [1.82, 2.24) is 15.5 Å². The van der Waals surface area contributed by atoms with Crippen LogP contribution in [-0.4, -0.2) is 35.6 Å². The van der Waals surface area contributed by atoms with Crippen LogP contribution < -0.4 is 10.1 Å². The fourth-order valence-electron chi connectivity index (χ4n) is 2.17. The Morgan fingerprint density at radius 3 is 2.75 bits per heavy atom. The zero-order valence-electron chi connectivity index (χ0n) is 14.5. The van der Waals surface area contributed by atoms with Crippen LogP contribution in [-0.2, 0) is 12.8 Å². The molecule has 1 N–H and O–H groups in total. The minimum atomic E-state index is 0.0559. The number of likely N-dealkylation sites (N-methyl/N-ethyl adjacent to an activating group) is 1. The molecule has 2 rings (SSSR count). The smallest absolute Gasteiger partial charge is 0.227 e. The molecule has 0 spiro atoms. The predicted octanol–water partition coefficient (Wildman–Crippen LogP) is 2.82. The molecule has 24 heavy (non-hydrogen) atoms. The molecule has 6 heteroatoms. The summed E-state index contributed by atoms with van der Waals surface area (Å²) in [5, 5.41) is 7.07. The van der Waals surface area contributed by atoms with E-state index < -0.39 is 0 Å². The van der Waals surface area contributed by atoms with Crippen molar-refractivity contribution in [3.05, 3.63) is 41.5 Å². The van der Waals surface area contributed by atoms with Gasteiger partial charge < -0.3 is 14.6 Å². The second-order valence-electron chi connectivity index (χ2n) is 5.79. The van der Waals surface area contributed by atoms with Crippen LogP contribution in [0.4, 0.5) is 0 Å². The molecule has 130 valence electrons. The summed E-state index contributed by atoms with van der Waals surface area (Å²) in [6, 6.07) is 7.52. The van der Waals surface area contributed by atoms with Gasteiger partial charge in [-0.25, -0.2) is 0 Å². The molecule has 0 bridgehead atoms. The quantitative estimate of drug-likeness (QED) is 0.675. The third kappa shape index (κ3) is 5.45. The van der Waals surface area contributed by atoms with Crippen LogP contribution >= 0.6 is 0 Å². The van der Waals surface area contributed by atoms with E-state index in [2.05, 4.69) is 22.4 Å². The van der Waals surface area contributed by atoms with Gasteiger partial charge in [0.15, 0.2) is 11.6 Å². The van der Waals surface area contributed by atoms with Crippen molar-refractivity contribution in [3.8, 4) is 5.75 Å². The number of Topliss-reactive ketones (excluding diaryl/α,β-unsaturated/α-hetero) is 1. The molecule has 0 aliphatic heterocycles. The van der Waals surface area contributed by atoms with Gasteiger partial charge in [0, 0.05) is 30.9 Å². The van der Waals surface area contributed by atoms with Crippen molar-refractivity contribution < 1.29 is 14.1 Å². The van der Waals surface area contributed by atoms with Gasteiger partial charge in [0.1, 0.15) is 5.75 Å². The monoisotopic (exact) mass is 331 g/mol. The van der Waals surface area contributed by atoms with E-state index in [0.29, 0.717) is 43.1 Å². The lowest BCUT2D eigenvalue weighted by atomic mass is 10.1. The van der Waals surface area contributed by atoms with E-state index >= 15 is 0 Å². The highest BCUT2D eigenvalue weighted by Crippen LogP contribution is 2.14. The maximum absolute atomic E-state index is 12.2. The van der Waals surface area contributed by atoms with Gasteiger partial charge in [-0.2, -0.15) is 4.98 Å². The van der Waals surface area contributed by atoms with Crippen LogP contribution in [0.25, 0.3) is 0 Å². The summed E-state index contributed by atoms with van der Waals surface area (Å²) in [4.78, 5) is 16.6. The van der Waals surface area contributed by atoms with Crippen molar-refractivity contribution in [2.45, 2.75) is 45.6 Å². The number of aryl methyl sites for hydroxylation is 1. The first-order chi connectivity index (χ1) is 11.6. The summed E-state index contributed by atoms with van der Waals surface area (Å²) < 4.78 is 10.7. The van der Waals surface area contributed by atoms with Gasteiger partial charge in [-0.05, 0) is 44.7 Å². The molecule has 0 aliphatic carbocycles. The minimum Gasteiger partial charge on any atom is -0.494 e. The first-order valence-corrected chi connectivity index (χ1v) is 8.37. The highest BCUT2D eigenvalue weighted by Gasteiger charge is 2.12. The van der Waals surface area contributed by atoms with Crippen molar-refractivity contribution in [2.75, 3.05) is 13.7 Å². The van der Waals surface area contributed by atoms with Crippen molar-refractivity contribution in [1.29, 1.82) is 0 Å². The molecular weight excluding hydrogens is 306 g/mol. The summed E-state index contributed by atoms with van der Waals surface area (Å²) >= 11 is 0. The number of ether oxygens (including phenoxy) is 1. The van der Waals surface area contributed by atoms with Crippen LogP contribution in [0.2, 0.25) is 0 Å². The van der Waals surface area contributed by atoms with Gasteiger partial charge in [0.05, 0.1) is 6.61 Å². The number of carbonyl (C=O) groups excluding carboxylic acids is 1. The Kier molecular flexibility index (Phi) is 6.93. The molecule has 0 saturated heterocycles. The minimum absolute atomic E-state index is 0.0559. The maximum Gasteiger partial charge on any atom is 0.227 e. The largest absolute Gasteiger partial charge is 0.494 e. The molecule has 1 heterocycles. The summed E-state index contributed by atoms with van der Waals surface area (Å²) in [7, 11) is 1.89. The summed E-state index contributed by atoms with van der Waals surface area (Å²) in [6.07, 6.45) is 2.46. The highest BCUT2D eigenvalue weighted by atomic mass is 16.5. The molecule has 1 unspecified atom stereocenters. The molecule has 0 aliphatic rings. The first-order valence-electron chi connectivity index (χ1n) is 8.37. The van der Waals surface area contributed by atoms with Gasteiger partial charge in [-0.15, -0.1) is 0 Å². The Labute approximate surface area is 142 Å². The van der Waals surface area contributed by atoms with Crippen LogP contribution in [0.1, 0.15) is 48.8 Å². The van der Waals surface area contributed by atoms with E-state index in [0.717, 1.165) is 12.2 Å². The molecule has 1 atom stereocenters. The zero-order chi connectivity index (χ0) is 17.4. The molecule has 1 aromatic carbocycles. The fraction of sp³-hybridized carbons (Fsp3) is 0.500. The van der Waals surface area contributed by atoms with Crippen LogP contribution in [0, 0.1) is 0 Å². The Morgan fingerprint density at radius 2 is 2.08 bits per heavy atom. The topological polar surface area (TPSA) is 77.2 Å². The molecule has 0 saturated carbocycles. The number of carbonyl (C=O) groups is 1. The highest BCUT2D eigenvalue weighted by molar-refractivity contribution is 5.96. The molecule has 0 radical (unpaired) electrons. The first kappa shape index (κ1) is 18.1. The third-order valence-corrected chi connectivity index (χ3v) is 3.71. The molecule has 1 aromatic heterocycles. The number of ketones is 1. The van der Waals surface area contributed by atoms with Crippen molar-refractivity contribution in [3.63, 3.8) is 0 Å². The number of hydrogen-bond donors (Lipinski definition) is 1. The van der Waals surface area contributed by atoms with Gasteiger partial charge in [-0.3, -0.25) is 4.79 Å². The second kappa shape index (κ2) is 9.17. The standard InChI is InChI=1S/C18H25N3O3/c1-4-11-23-15-7-5-14(6-8-15)16(22)9-10-18-20-17(21-24-18)12-13(2)19-3/h5-8,13,19H,4,9-12H2,1-3H3. The van der Waals surface area contributed by atoms with E-state index in [1.807, 2.05) is 26.1 Å². The molecule has 0 amide bonds. The normalized spacial score (nSPS) is 12.1. The lowest BCUT2D eigenvalue weighted by Crippen LogP contribution is -2.24. The molecule has 0 fully saturated rings. The average molecular weight is 331 g/mol. The lowest BCUT2D eigenvalue weighted by molar-refractivity contribution is 0.0979. The Balaban J connectivity index is 1.84. The Morgan fingerprint density at radius 1 is 1.33 bits per heavy atom. The van der Waals surface area contributed by atoms with Gasteiger partial charge in [0.25, 0.3) is 0 Å². The molecule has 2 aromatic rings. The van der Waals surface area contributed by atoms with Gasteiger partial charge in [-0.1, -0.05) is 12.1 Å². The van der Waals surface area contributed by atoms with E-state index in [1.165, 1.54) is 0 Å². The van der Waals surface area contributed by atoms with E-state index in [4.69, 9.17) is 9.26 Å². The van der Waals surface area contributed by atoms with Gasteiger partial charge >= 0.3 is 0 Å². The lowest BCUT2D eigenvalue weighted by Gasteiger charge is -2.05. The van der Waals surface area contributed by atoms with Gasteiger partial charge in [0.2, 0.25) is 5.89 Å². The average Bonchev–Trinajstić information content (AvgIpc) is 3.05. The van der Waals surface area contributed by atoms with Crippen LogP contribution in [0.3, 0.4) is 0 Å². The second-order valence-corrected chi connectivity index (χ2v) is 5.79. The third-order valence-electron chi connectivity index (χ3n) is 3.71. The number of nitrogens with one attached hydrogen (secondary N) is 1. The summed E-state index contributed by atoms with van der Waals surface area (Å²) in [5.74, 6) is 2.01. The Hall–Kier alpha value is -2.21. The SMILES string of the molecule is CCCOc1ccc(C(=O)CCc2nc(CC(C)NC)no2)cc1. The van der Waals surface area contributed by atoms with Crippen molar-refractivity contribution in [2.24, 2.45) is 0 Å². The predicted molar refractivity (Wildman–Crippen MR) is 91.4 cm³/mol. The maximum atomic E-state index is 12.2. The van der Waals surface area contributed by atoms with Crippen LogP contribution in [0.5, 0.6) is 5.75 Å². The number of hydrogen-bond acceptors (Lipinski definition) is 6. The summed E-state index contributed by atoms with van der Waals surface area (Å²) in [6.45, 7) is 4.78. The van der Waals surface area contributed by atoms with Crippen molar-refractivity contribution >= 4 is 5.78 Å². The summed E-state index contributed by atoms with van der Waals surface area (Å²) in [5.41, 5.74) is 0.669. The zero-order valence-corrected chi connectivity index (χ0v) is 14.5. The van der Waals surface area contributed by atoms with E-state index in [9.17, 15) is 4.79 Å². The number of rotatable bonds is 10. The number of nitrogens with zero attached hydrogens (tertiary/aromatic N) is 2.